The van der Waals surface area contributed by atoms with Crippen molar-refractivity contribution in [2.75, 3.05) is 7.11 Å². The van der Waals surface area contributed by atoms with E-state index in [4.69, 9.17) is 9.47 Å². The van der Waals surface area contributed by atoms with E-state index in [1.165, 1.54) is 9.36 Å². The van der Waals surface area contributed by atoms with Crippen LogP contribution in [0.25, 0.3) is 11.4 Å². The van der Waals surface area contributed by atoms with E-state index in [0.29, 0.717) is 27.7 Å². The van der Waals surface area contributed by atoms with Crippen molar-refractivity contribution in [3.05, 3.63) is 68.8 Å². The van der Waals surface area contributed by atoms with Crippen LogP contribution < -0.4 is 15.2 Å². The van der Waals surface area contributed by atoms with E-state index < -0.39 is 0 Å². The van der Waals surface area contributed by atoms with Crippen LogP contribution in [-0.2, 0) is 13.7 Å². The van der Waals surface area contributed by atoms with Gasteiger partial charge in [0, 0.05) is 24.9 Å². The van der Waals surface area contributed by atoms with Gasteiger partial charge >= 0.3 is 5.69 Å². The molecule has 0 radical (unpaired) electrons. The summed E-state index contributed by atoms with van der Waals surface area (Å²) in [5.74, 6) is 0.850. The predicted molar refractivity (Wildman–Crippen MR) is 111 cm³/mol. The number of aryl methyl sites for hydroxylation is 2. The molecule has 0 saturated heterocycles. The maximum Gasteiger partial charge on any atom is 0.368 e. The van der Waals surface area contributed by atoms with E-state index in [2.05, 4.69) is 36.4 Å². The first kappa shape index (κ1) is 19.8. The highest BCUT2D eigenvalue weighted by Gasteiger charge is 2.15. The van der Waals surface area contributed by atoms with Crippen LogP contribution in [0.4, 0.5) is 0 Å². The normalized spacial score (nSPS) is 10.9. The fraction of sp³-hybridized carbons (Fsp3) is 0.211. The summed E-state index contributed by atoms with van der Waals surface area (Å²) < 4.78 is 15.9. The molecule has 0 aliphatic heterocycles. The van der Waals surface area contributed by atoms with Crippen molar-refractivity contribution < 1.29 is 9.47 Å². The zero-order chi connectivity index (χ0) is 21.3. The lowest BCUT2D eigenvalue weighted by molar-refractivity contribution is 0.290. The quantitative estimate of drug-likeness (QED) is 0.397. The molecule has 0 saturated carbocycles. The molecule has 0 unspecified atom stereocenters. The largest absolute Gasteiger partial charge is 0.479 e. The number of hydrogen-bond donors (Lipinski definition) is 0. The topological polar surface area (TPSA) is 102 Å². The van der Waals surface area contributed by atoms with E-state index in [-0.39, 0.29) is 12.3 Å². The van der Waals surface area contributed by atoms with Crippen LogP contribution in [-0.4, -0.2) is 41.7 Å². The summed E-state index contributed by atoms with van der Waals surface area (Å²) in [5, 5.41) is 12.2. The zero-order valence-electron chi connectivity index (χ0n) is 16.5. The highest BCUT2D eigenvalue weighted by atomic mass is 79.9. The van der Waals surface area contributed by atoms with E-state index in [1.807, 2.05) is 25.1 Å². The molecular weight excluding hydrogens is 454 g/mol. The van der Waals surface area contributed by atoms with Gasteiger partial charge in [0.2, 0.25) is 11.8 Å². The Morgan fingerprint density at radius 3 is 2.67 bits per heavy atom. The Labute approximate surface area is 179 Å². The second-order valence-corrected chi connectivity index (χ2v) is 7.23. The highest BCUT2D eigenvalue weighted by molar-refractivity contribution is 9.10. The average molecular weight is 472 g/mol. The molecule has 4 rings (SSSR count). The number of rotatable bonds is 6. The van der Waals surface area contributed by atoms with Gasteiger partial charge in [0.05, 0.1) is 12.8 Å². The third-order valence-electron chi connectivity index (χ3n) is 4.51. The minimum absolute atomic E-state index is 0.206. The fourth-order valence-electron chi connectivity index (χ4n) is 2.94. The molecule has 0 N–H and O–H groups in total. The number of tetrazole rings is 1. The molecule has 4 aromatic rings. The first-order valence-corrected chi connectivity index (χ1v) is 9.74. The van der Waals surface area contributed by atoms with Gasteiger partial charge in [-0.05, 0) is 57.0 Å². The monoisotopic (exact) mass is 471 g/mol. The minimum atomic E-state index is -0.332. The summed E-state index contributed by atoms with van der Waals surface area (Å²) >= 11 is 3.32. The molecule has 0 aliphatic carbocycles. The van der Waals surface area contributed by atoms with Crippen LogP contribution in [0, 0.1) is 6.92 Å². The van der Waals surface area contributed by atoms with Crippen molar-refractivity contribution in [2.24, 2.45) is 7.05 Å². The number of ether oxygens (including phenoxy) is 2. The maximum atomic E-state index is 12.3. The van der Waals surface area contributed by atoms with Gasteiger partial charge in [-0.25, -0.2) is 14.5 Å². The molecule has 0 spiro atoms. The molecule has 10 nitrogen and oxygen atoms in total. The van der Waals surface area contributed by atoms with Gasteiger partial charge in [0.25, 0.3) is 0 Å². The summed E-state index contributed by atoms with van der Waals surface area (Å²) in [7, 11) is 3.10. The van der Waals surface area contributed by atoms with Crippen molar-refractivity contribution in [2.45, 2.75) is 13.5 Å². The van der Waals surface area contributed by atoms with Crippen LogP contribution in [0.3, 0.4) is 0 Å². The molecule has 154 valence electrons. The maximum absolute atomic E-state index is 12.3. The first-order valence-electron chi connectivity index (χ1n) is 8.95. The molecule has 11 heteroatoms. The number of benzene rings is 1. The van der Waals surface area contributed by atoms with E-state index in [1.54, 1.807) is 43.2 Å². The lowest BCUT2D eigenvalue weighted by Crippen LogP contribution is -2.23. The summed E-state index contributed by atoms with van der Waals surface area (Å²) in [6.45, 7) is 2.15. The third kappa shape index (κ3) is 3.71. The van der Waals surface area contributed by atoms with Crippen molar-refractivity contribution in [1.82, 2.24) is 34.6 Å². The van der Waals surface area contributed by atoms with Crippen LogP contribution in [0.1, 0.15) is 11.1 Å². The summed E-state index contributed by atoms with van der Waals surface area (Å²) in [5.41, 5.74) is 2.74. The van der Waals surface area contributed by atoms with Gasteiger partial charge in [-0.3, -0.25) is 0 Å². The first-order chi connectivity index (χ1) is 14.5. The number of halogens is 1. The molecule has 3 heterocycles. The Kier molecular flexibility index (Phi) is 5.36. The number of nitrogens with zero attached hydrogens (tertiary/aromatic N) is 7. The molecule has 0 fully saturated rings. The second kappa shape index (κ2) is 8.11. The second-order valence-electron chi connectivity index (χ2n) is 6.42. The summed E-state index contributed by atoms with van der Waals surface area (Å²) in [6.07, 6.45) is 1.76. The highest BCUT2D eigenvalue weighted by Crippen LogP contribution is 2.24. The standard InChI is InChI=1S/C19H18BrN7O3/c1-12-5-4-6-14(27-19(28)25(2)23-24-27)13(12)11-30-17-9-10-26(22-17)15-7-8-16(20)21-18(15)29-3/h4-10H,11H2,1-3H3. The molecular formula is C19H18BrN7O3. The van der Waals surface area contributed by atoms with Gasteiger partial charge < -0.3 is 9.47 Å². The Morgan fingerprint density at radius 2 is 1.93 bits per heavy atom. The molecule has 0 amide bonds. The number of hydrogen-bond acceptors (Lipinski definition) is 7. The Bertz CT molecular complexity index is 1260. The predicted octanol–water partition coefficient (Wildman–Crippen LogP) is 2.21. The van der Waals surface area contributed by atoms with Gasteiger partial charge in [0.15, 0.2) is 0 Å². The Hall–Kier alpha value is -3.47. The zero-order valence-corrected chi connectivity index (χ0v) is 18.1. The Balaban J connectivity index is 1.60. The van der Waals surface area contributed by atoms with Crippen LogP contribution in [0.5, 0.6) is 11.8 Å². The SMILES string of the molecule is COc1nc(Br)ccc1-n1ccc(OCc2c(C)cccc2-n2nnn(C)c2=O)n1. The fourth-order valence-corrected chi connectivity index (χ4v) is 3.23. The molecule has 0 atom stereocenters. The van der Waals surface area contributed by atoms with Gasteiger partial charge in [0.1, 0.15) is 16.9 Å². The van der Waals surface area contributed by atoms with E-state index >= 15 is 0 Å². The lowest BCUT2D eigenvalue weighted by atomic mass is 10.1. The Morgan fingerprint density at radius 1 is 1.10 bits per heavy atom. The lowest BCUT2D eigenvalue weighted by Gasteiger charge is -2.11. The molecule has 1 aromatic carbocycles. The number of aromatic nitrogens is 7. The van der Waals surface area contributed by atoms with Crippen LogP contribution in [0.2, 0.25) is 0 Å². The van der Waals surface area contributed by atoms with Gasteiger partial charge in [-0.1, -0.05) is 12.1 Å². The van der Waals surface area contributed by atoms with Crippen molar-refractivity contribution in [3.63, 3.8) is 0 Å². The van der Waals surface area contributed by atoms with E-state index in [9.17, 15) is 4.79 Å². The summed E-state index contributed by atoms with van der Waals surface area (Å²) in [4.78, 5) is 16.6. The van der Waals surface area contributed by atoms with Crippen molar-refractivity contribution in [1.29, 1.82) is 0 Å². The number of pyridine rings is 1. The molecule has 30 heavy (non-hydrogen) atoms. The van der Waals surface area contributed by atoms with Crippen molar-refractivity contribution in [3.8, 4) is 23.1 Å². The average Bonchev–Trinajstić information content (AvgIpc) is 3.34. The van der Waals surface area contributed by atoms with Crippen molar-refractivity contribution >= 4 is 15.9 Å². The number of methoxy groups -OCH3 is 1. The van der Waals surface area contributed by atoms with Gasteiger partial charge in [-0.15, -0.1) is 5.10 Å². The van der Waals surface area contributed by atoms with Gasteiger partial charge in [-0.2, -0.15) is 9.36 Å². The smallest absolute Gasteiger partial charge is 0.368 e. The minimum Gasteiger partial charge on any atom is -0.479 e. The van der Waals surface area contributed by atoms with Crippen LogP contribution in [0.15, 0.2) is 52.0 Å². The van der Waals surface area contributed by atoms with E-state index in [0.717, 1.165) is 11.1 Å². The van der Waals surface area contributed by atoms with Crippen LogP contribution >= 0.6 is 15.9 Å². The molecule has 0 bridgehead atoms. The third-order valence-corrected chi connectivity index (χ3v) is 4.95. The molecule has 0 aliphatic rings. The summed E-state index contributed by atoms with van der Waals surface area (Å²) in [6, 6.07) is 11.0. The molecule has 3 aromatic heterocycles.